The molecule has 1 amide bonds. The molecule has 25 heavy (non-hydrogen) atoms. The van der Waals surface area contributed by atoms with Gasteiger partial charge in [-0.1, -0.05) is 12.1 Å². The number of carbonyl (C=O) groups excluding carboxylic acids is 1. The van der Waals surface area contributed by atoms with E-state index in [0.717, 1.165) is 11.1 Å². The summed E-state index contributed by atoms with van der Waals surface area (Å²) in [4.78, 5) is 12.9. The number of amides is 1. The van der Waals surface area contributed by atoms with E-state index in [-0.39, 0.29) is 11.7 Å². The molecule has 0 aromatic heterocycles. The second-order valence-electron chi connectivity index (χ2n) is 6.30. The van der Waals surface area contributed by atoms with Crippen molar-refractivity contribution in [3.05, 3.63) is 70.5 Å². The van der Waals surface area contributed by atoms with E-state index in [9.17, 15) is 9.18 Å². The number of hydrogen-bond acceptors (Lipinski definition) is 3. The van der Waals surface area contributed by atoms with Crippen LogP contribution in [0, 0.1) is 24.1 Å². The number of carbonyl (C=O) groups is 1. The maximum Gasteiger partial charge on any atom is 0.252 e. The van der Waals surface area contributed by atoms with Gasteiger partial charge in [-0.3, -0.25) is 4.79 Å². The van der Waals surface area contributed by atoms with Crippen LogP contribution in [0.25, 0.3) is 0 Å². The van der Waals surface area contributed by atoms with Crippen LogP contribution in [0.3, 0.4) is 0 Å². The van der Waals surface area contributed by atoms with Crippen LogP contribution >= 0.6 is 0 Å². The van der Waals surface area contributed by atoms with Crippen LogP contribution in [-0.4, -0.2) is 19.1 Å². The number of hydrogen-bond donors (Lipinski definition) is 1. The second-order valence-corrected chi connectivity index (χ2v) is 6.30. The van der Waals surface area contributed by atoms with Gasteiger partial charge in [0.15, 0.2) is 0 Å². The van der Waals surface area contributed by atoms with Crippen molar-refractivity contribution in [1.82, 2.24) is 5.32 Å². The maximum absolute atomic E-state index is 13.7. The average Bonchev–Trinajstić information content (AvgIpc) is 2.62. The van der Waals surface area contributed by atoms with Gasteiger partial charge in [0.1, 0.15) is 5.82 Å². The van der Waals surface area contributed by atoms with E-state index in [4.69, 9.17) is 10.00 Å². The summed E-state index contributed by atoms with van der Waals surface area (Å²) in [5.41, 5.74) is 1.85. The Hall–Kier alpha value is -2.71. The molecule has 1 N–H and O–H groups in total. The van der Waals surface area contributed by atoms with Crippen molar-refractivity contribution in [2.24, 2.45) is 0 Å². The van der Waals surface area contributed by atoms with Crippen molar-refractivity contribution < 1.29 is 13.9 Å². The lowest BCUT2D eigenvalue weighted by Crippen LogP contribution is -2.49. The Morgan fingerprint density at radius 3 is 2.64 bits per heavy atom. The van der Waals surface area contributed by atoms with Gasteiger partial charge in [0.2, 0.25) is 0 Å². The highest BCUT2D eigenvalue weighted by Crippen LogP contribution is 2.33. The zero-order valence-corrected chi connectivity index (χ0v) is 14.0. The minimum absolute atomic E-state index is 0.229. The van der Waals surface area contributed by atoms with E-state index in [1.807, 2.05) is 6.07 Å². The number of benzene rings is 2. The lowest BCUT2D eigenvalue weighted by atomic mass is 9.82. The third-order valence-corrected chi connectivity index (χ3v) is 4.68. The minimum atomic E-state index is -0.655. The quantitative estimate of drug-likeness (QED) is 0.932. The predicted molar refractivity (Wildman–Crippen MR) is 91.5 cm³/mol. The van der Waals surface area contributed by atoms with E-state index in [0.29, 0.717) is 37.2 Å². The monoisotopic (exact) mass is 338 g/mol. The molecule has 4 nitrogen and oxygen atoms in total. The van der Waals surface area contributed by atoms with Gasteiger partial charge in [0.05, 0.1) is 17.2 Å². The SMILES string of the molecule is Cc1cc(C#N)ccc1C(=O)NC1(c2cccc(F)c2)CCOCC1. The van der Waals surface area contributed by atoms with Crippen LogP contribution in [-0.2, 0) is 10.3 Å². The zero-order valence-electron chi connectivity index (χ0n) is 14.0. The molecule has 2 aromatic rings. The highest BCUT2D eigenvalue weighted by atomic mass is 19.1. The summed E-state index contributed by atoms with van der Waals surface area (Å²) in [6.45, 7) is 2.81. The summed E-state index contributed by atoms with van der Waals surface area (Å²) in [7, 11) is 0. The number of nitrogens with one attached hydrogen (secondary N) is 1. The van der Waals surface area contributed by atoms with Crippen LogP contribution in [0.4, 0.5) is 4.39 Å². The van der Waals surface area contributed by atoms with Crippen LogP contribution in [0.5, 0.6) is 0 Å². The van der Waals surface area contributed by atoms with Crippen LogP contribution in [0.15, 0.2) is 42.5 Å². The number of nitriles is 1. The maximum atomic E-state index is 13.7. The summed E-state index contributed by atoms with van der Waals surface area (Å²) in [5.74, 6) is -0.555. The number of halogens is 1. The Morgan fingerprint density at radius 1 is 1.24 bits per heavy atom. The highest BCUT2D eigenvalue weighted by Gasteiger charge is 2.36. The molecule has 1 saturated heterocycles. The van der Waals surface area contributed by atoms with Crippen molar-refractivity contribution in [1.29, 1.82) is 5.26 Å². The molecular weight excluding hydrogens is 319 g/mol. The van der Waals surface area contributed by atoms with Crippen LogP contribution in [0.1, 0.15) is 39.9 Å². The molecule has 0 radical (unpaired) electrons. The summed E-state index contributed by atoms with van der Waals surface area (Å²) in [6, 6.07) is 13.4. The van der Waals surface area contributed by atoms with Crippen molar-refractivity contribution in [3.8, 4) is 6.07 Å². The lowest BCUT2D eigenvalue weighted by Gasteiger charge is -2.38. The highest BCUT2D eigenvalue weighted by molar-refractivity contribution is 5.96. The third-order valence-electron chi connectivity index (χ3n) is 4.68. The smallest absolute Gasteiger partial charge is 0.252 e. The first-order valence-corrected chi connectivity index (χ1v) is 8.21. The predicted octanol–water partition coefficient (Wildman–Crippen LogP) is 3.44. The molecule has 0 saturated carbocycles. The fourth-order valence-corrected chi connectivity index (χ4v) is 3.26. The van der Waals surface area contributed by atoms with Crippen molar-refractivity contribution in [3.63, 3.8) is 0 Å². The molecule has 0 atom stereocenters. The summed E-state index contributed by atoms with van der Waals surface area (Å²) >= 11 is 0. The first-order chi connectivity index (χ1) is 12.0. The molecule has 128 valence electrons. The second kappa shape index (κ2) is 7.04. The normalized spacial score (nSPS) is 16.0. The number of rotatable bonds is 3. The summed E-state index contributed by atoms with van der Waals surface area (Å²) in [6.07, 6.45) is 1.16. The van der Waals surface area contributed by atoms with Gasteiger partial charge < -0.3 is 10.1 Å². The van der Waals surface area contributed by atoms with Crippen molar-refractivity contribution in [2.45, 2.75) is 25.3 Å². The van der Waals surface area contributed by atoms with Crippen molar-refractivity contribution in [2.75, 3.05) is 13.2 Å². The fraction of sp³-hybridized carbons (Fsp3) is 0.300. The Morgan fingerprint density at radius 2 is 2.00 bits per heavy atom. The van der Waals surface area contributed by atoms with Gasteiger partial charge in [-0.15, -0.1) is 0 Å². The van der Waals surface area contributed by atoms with Crippen molar-refractivity contribution >= 4 is 5.91 Å². The first kappa shape index (κ1) is 17.1. The molecule has 3 rings (SSSR count). The first-order valence-electron chi connectivity index (χ1n) is 8.21. The average molecular weight is 338 g/mol. The fourth-order valence-electron chi connectivity index (χ4n) is 3.26. The van der Waals surface area contributed by atoms with Gasteiger partial charge in [0.25, 0.3) is 5.91 Å². The molecule has 1 heterocycles. The molecule has 0 unspecified atom stereocenters. The lowest BCUT2D eigenvalue weighted by molar-refractivity contribution is 0.0344. The molecule has 0 spiro atoms. The Bertz CT molecular complexity index is 836. The van der Waals surface area contributed by atoms with E-state index in [2.05, 4.69) is 11.4 Å². The summed E-state index contributed by atoms with van der Waals surface area (Å²) in [5, 5.41) is 12.1. The Kier molecular flexibility index (Phi) is 4.82. The van der Waals surface area contributed by atoms with E-state index < -0.39 is 5.54 Å². The molecule has 1 aliphatic rings. The topological polar surface area (TPSA) is 62.1 Å². The number of nitrogens with zero attached hydrogens (tertiary/aromatic N) is 1. The van der Waals surface area contributed by atoms with Crippen LogP contribution in [0.2, 0.25) is 0 Å². The van der Waals surface area contributed by atoms with Gasteiger partial charge >= 0.3 is 0 Å². The Balaban J connectivity index is 1.93. The molecule has 1 aliphatic heterocycles. The summed E-state index contributed by atoms with van der Waals surface area (Å²) < 4.78 is 19.2. The third kappa shape index (κ3) is 3.54. The van der Waals surface area contributed by atoms with E-state index in [1.165, 1.54) is 12.1 Å². The molecule has 0 bridgehead atoms. The van der Waals surface area contributed by atoms with Gasteiger partial charge in [0, 0.05) is 18.8 Å². The molecule has 2 aromatic carbocycles. The van der Waals surface area contributed by atoms with E-state index >= 15 is 0 Å². The molecule has 1 fully saturated rings. The van der Waals surface area contributed by atoms with E-state index in [1.54, 1.807) is 31.2 Å². The molecule has 5 heteroatoms. The number of aryl methyl sites for hydroxylation is 1. The largest absolute Gasteiger partial charge is 0.381 e. The standard InChI is InChI=1S/C20H19FN2O2/c1-14-11-15(13-22)5-6-18(14)19(24)23-20(7-9-25-10-8-20)16-3-2-4-17(21)12-16/h2-6,11-12H,7-10H2,1H3,(H,23,24). The van der Waals surface area contributed by atoms with Crippen LogP contribution < -0.4 is 5.32 Å². The zero-order chi connectivity index (χ0) is 17.9. The van der Waals surface area contributed by atoms with Gasteiger partial charge in [-0.2, -0.15) is 5.26 Å². The Labute approximate surface area is 146 Å². The van der Waals surface area contributed by atoms with Gasteiger partial charge in [-0.25, -0.2) is 4.39 Å². The van der Waals surface area contributed by atoms with Gasteiger partial charge in [-0.05, 0) is 61.2 Å². The molecular formula is C20H19FN2O2. The number of ether oxygens (including phenoxy) is 1. The minimum Gasteiger partial charge on any atom is -0.381 e. The molecule has 0 aliphatic carbocycles.